The summed E-state index contributed by atoms with van der Waals surface area (Å²) < 4.78 is 1.40. The van der Waals surface area contributed by atoms with Gasteiger partial charge in [-0.3, -0.25) is 0 Å². The van der Waals surface area contributed by atoms with Crippen molar-refractivity contribution in [1.29, 1.82) is 0 Å². The van der Waals surface area contributed by atoms with Gasteiger partial charge in [-0.2, -0.15) is 0 Å². The number of rotatable bonds is 2. The standard InChI is InChI=1S/C8H10Br2N2O/c1-4(13)7(11)5-2-3-6(9)12-8(5)10/h2-4,7,13H,11H2,1H3/t4-,7+/m1/s1. The number of nitrogens with two attached hydrogens (primary N) is 1. The molecule has 72 valence electrons. The lowest BCUT2D eigenvalue weighted by molar-refractivity contribution is 0.164. The van der Waals surface area contributed by atoms with Crippen molar-refractivity contribution in [2.45, 2.75) is 19.1 Å². The van der Waals surface area contributed by atoms with Gasteiger partial charge < -0.3 is 10.8 Å². The monoisotopic (exact) mass is 308 g/mol. The first-order chi connectivity index (χ1) is 6.02. The summed E-state index contributed by atoms with van der Waals surface area (Å²) in [5.41, 5.74) is 6.56. The van der Waals surface area contributed by atoms with E-state index in [4.69, 9.17) is 5.73 Å². The van der Waals surface area contributed by atoms with Gasteiger partial charge in [-0.1, -0.05) is 6.07 Å². The maximum absolute atomic E-state index is 9.28. The SMILES string of the molecule is C[C@@H](O)[C@H](N)c1ccc(Br)nc1Br. The lowest BCUT2D eigenvalue weighted by atomic mass is 10.1. The molecule has 0 fully saturated rings. The van der Waals surface area contributed by atoms with Crippen LogP contribution in [-0.2, 0) is 0 Å². The van der Waals surface area contributed by atoms with Crippen molar-refractivity contribution in [1.82, 2.24) is 4.98 Å². The predicted octanol–water partition coefficient (Wildman–Crippen LogP) is 1.99. The molecule has 1 rings (SSSR count). The van der Waals surface area contributed by atoms with Crippen molar-refractivity contribution < 1.29 is 5.11 Å². The predicted molar refractivity (Wildman–Crippen MR) is 58.2 cm³/mol. The highest BCUT2D eigenvalue weighted by Crippen LogP contribution is 2.24. The largest absolute Gasteiger partial charge is 0.391 e. The summed E-state index contributed by atoms with van der Waals surface area (Å²) in [5, 5.41) is 9.28. The van der Waals surface area contributed by atoms with Gasteiger partial charge in [-0.05, 0) is 44.8 Å². The molecule has 0 unspecified atom stereocenters. The third kappa shape index (κ3) is 2.74. The maximum atomic E-state index is 9.28. The van der Waals surface area contributed by atoms with Gasteiger partial charge in [-0.25, -0.2) is 4.98 Å². The molecule has 3 nitrogen and oxygen atoms in total. The van der Waals surface area contributed by atoms with Gasteiger partial charge in [-0.15, -0.1) is 0 Å². The highest BCUT2D eigenvalue weighted by molar-refractivity contribution is 9.11. The molecule has 0 amide bonds. The highest BCUT2D eigenvalue weighted by atomic mass is 79.9. The van der Waals surface area contributed by atoms with Gasteiger partial charge in [0.15, 0.2) is 0 Å². The van der Waals surface area contributed by atoms with Gasteiger partial charge in [0.2, 0.25) is 0 Å². The van der Waals surface area contributed by atoms with Gasteiger partial charge in [0.1, 0.15) is 9.21 Å². The molecule has 0 aromatic carbocycles. The Morgan fingerprint density at radius 1 is 1.46 bits per heavy atom. The molecule has 0 saturated carbocycles. The number of aliphatic hydroxyl groups excluding tert-OH is 1. The molecule has 0 aliphatic carbocycles. The molecule has 5 heteroatoms. The van der Waals surface area contributed by atoms with Crippen molar-refractivity contribution in [3.05, 3.63) is 26.9 Å². The Bertz CT molecular complexity index is 304. The van der Waals surface area contributed by atoms with Crippen LogP contribution in [0, 0.1) is 0 Å². The van der Waals surface area contributed by atoms with E-state index in [1.165, 1.54) is 0 Å². The first kappa shape index (κ1) is 11.1. The van der Waals surface area contributed by atoms with Crippen LogP contribution >= 0.6 is 31.9 Å². The first-order valence-corrected chi connectivity index (χ1v) is 5.36. The van der Waals surface area contributed by atoms with E-state index in [0.717, 1.165) is 10.2 Å². The second-order valence-corrected chi connectivity index (χ2v) is 4.34. The quantitative estimate of drug-likeness (QED) is 0.821. The lowest BCUT2D eigenvalue weighted by Gasteiger charge is -2.15. The zero-order valence-corrected chi connectivity index (χ0v) is 10.2. The Hall–Kier alpha value is 0.0300. The topological polar surface area (TPSA) is 59.1 Å². The minimum Gasteiger partial charge on any atom is -0.391 e. The van der Waals surface area contributed by atoms with Gasteiger partial charge >= 0.3 is 0 Å². The normalized spacial score (nSPS) is 15.5. The van der Waals surface area contributed by atoms with Gasteiger partial charge in [0.05, 0.1) is 12.1 Å². The van der Waals surface area contributed by atoms with Crippen LogP contribution in [-0.4, -0.2) is 16.2 Å². The fourth-order valence-corrected chi connectivity index (χ4v) is 2.07. The summed E-state index contributed by atoms with van der Waals surface area (Å²) in [7, 11) is 0. The third-order valence-corrected chi connectivity index (χ3v) is 2.80. The number of hydrogen-bond donors (Lipinski definition) is 2. The van der Waals surface area contributed by atoms with Gasteiger partial charge in [0.25, 0.3) is 0 Å². The highest BCUT2D eigenvalue weighted by Gasteiger charge is 2.15. The van der Waals surface area contributed by atoms with E-state index < -0.39 is 12.1 Å². The fourth-order valence-electron chi connectivity index (χ4n) is 0.931. The summed E-state index contributed by atoms with van der Waals surface area (Å²) in [6.45, 7) is 1.65. The number of halogens is 2. The Labute approximate surface area is 93.6 Å². The third-order valence-electron chi connectivity index (χ3n) is 1.72. The molecule has 0 aliphatic heterocycles. The van der Waals surface area contributed by atoms with Crippen molar-refractivity contribution >= 4 is 31.9 Å². The Balaban J connectivity index is 3.01. The van der Waals surface area contributed by atoms with Crippen molar-refractivity contribution in [3.8, 4) is 0 Å². The molecular weight excluding hydrogens is 300 g/mol. The van der Waals surface area contributed by atoms with E-state index >= 15 is 0 Å². The summed E-state index contributed by atoms with van der Waals surface area (Å²) in [5.74, 6) is 0. The zero-order valence-electron chi connectivity index (χ0n) is 7.04. The number of nitrogens with zero attached hydrogens (tertiary/aromatic N) is 1. The van der Waals surface area contributed by atoms with Crippen LogP contribution in [0.15, 0.2) is 21.3 Å². The average Bonchev–Trinajstić information content (AvgIpc) is 2.03. The van der Waals surface area contributed by atoms with E-state index in [1.54, 1.807) is 13.0 Å². The van der Waals surface area contributed by atoms with Gasteiger partial charge in [0, 0.05) is 5.56 Å². The number of aromatic nitrogens is 1. The smallest absolute Gasteiger partial charge is 0.112 e. The molecule has 3 N–H and O–H groups in total. The second kappa shape index (κ2) is 4.50. The van der Waals surface area contributed by atoms with Crippen LogP contribution in [0.5, 0.6) is 0 Å². The summed E-state index contributed by atoms with van der Waals surface area (Å²) in [6.07, 6.45) is -0.584. The molecule has 1 heterocycles. The van der Waals surface area contributed by atoms with Crippen molar-refractivity contribution in [2.75, 3.05) is 0 Å². The molecule has 0 saturated heterocycles. The molecule has 0 aliphatic rings. The fraction of sp³-hybridized carbons (Fsp3) is 0.375. The zero-order chi connectivity index (χ0) is 10.0. The van der Waals surface area contributed by atoms with Crippen LogP contribution < -0.4 is 5.73 Å². The first-order valence-electron chi connectivity index (χ1n) is 3.78. The molecule has 2 atom stereocenters. The molecule has 0 bridgehead atoms. The van der Waals surface area contributed by atoms with Crippen LogP contribution in [0.1, 0.15) is 18.5 Å². The Morgan fingerprint density at radius 3 is 2.54 bits per heavy atom. The molecular formula is C8H10Br2N2O. The van der Waals surface area contributed by atoms with Crippen LogP contribution in [0.3, 0.4) is 0 Å². The van der Waals surface area contributed by atoms with E-state index in [9.17, 15) is 5.11 Å². The second-order valence-electron chi connectivity index (χ2n) is 2.78. The Morgan fingerprint density at radius 2 is 2.08 bits per heavy atom. The average molecular weight is 310 g/mol. The maximum Gasteiger partial charge on any atom is 0.112 e. The van der Waals surface area contributed by atoms with Crippen LogP contribution in [0.2, 0.25) is 0 Å². The number of aliphatic hydroxyl groups is 1. The number of pyridine rings is 1. The molecule has 1 aromatic rings. The molecule has 0 spiro atoms. The minimum atomic E-state index is -0.584. The molecule has 13 heavy (non-hydrogen) atoms. The summed E-state index contributed by atoms with van der Waals surface area (Å²) in [6, 6.07) is 3.22. The summed E-state index contributed by atoms with van der Waals surface area (Å²) >= 11 is 6.52. The lowest BCUT2D eigenvalue weighted by Crippen LogP contribution is -2.23. The molecule has 0 radical (unpaired) electrons. The van der Waals surface area contributed by atoms with E-state index in [0.29, 0.717) is 4.60 Å². The van der Waals surface area contributed by atoms with Crippen LogP contribution in [0.4, 0.5) is 0 Å². The van der Waals surface area contributed by atoms with Crippen LogP contribution in [0.25, 0.3) is 0 Å². The summed E-state index contributed by atoms with van der Waals surface area (Å²) in [4.78, 5) is 4.12. The number of hydrogen-bond acceptors (Lipinski definition) is 3. The molecule has 1 aromatic heterocycles. The van der Waals surface area contributed by atoms with E-state index in [1.807, 2.05) is 6.07 Å². The van der Waals surface area contributed by atoms with E-state index in [-0.39, 0.29) is 0 Å². The van der Waals surface area contributed by atoms with Crippen molar-refractivity contribution in [3.63, 3.8) is 0 Å². The van der Waals surface area contributed by atoms with Crippen molar-refractivity contribution in [2.24, 2.45) is 5.73 Å². The Kier molecular flexibility index (Phi) is 3.85. The van der Waals surface area contributed by atoms with E-state index in [2.05, 4.69) is 36.8 Å². The minimum absolute atomic E-state index is 0.407.